The third-order valence-electron chi connectivity index (χ3n) is 2.98. The van der Waals surface area contributed by atoms with Gasteiger partial charge in [0.2, 0.25) is 0 Å². The first-order valence-corrected chi connectivity index (χ1v) is 8.22. The number of thiophene rings is 1. The lowest BCUT2D eigenvalue weighted by atomic mass is 10.2. The molecule has 21 heavy (non-hydrogen) atoms. The lowest BCUT2D eigenvalue weighted by molar-refractivity contribution is 0.287. The highest BCUT2D eigenvalue weighted by molar-refractivity contribution is 7.09. The molecule has 5 heteroatoms. The molecule has 0 saturated heterocycles. The zero-order valence-electron chi connectivity index (χ0n) is 12.3. The van der Waals surface area contributed by atoms with Crippen LogP contribution in [0, 0.1) is 0 Å². The summed E-state index contributed by atoms with van der Waals surface area (Å²) in [7, 11) is 1.63. The van der Waals surface area contributed by atoms with Gasteiger partial charge in [0.25, 0.3) is 0 Å². The van der Waals surface area contributed by atoms with Gasteiger partial charge in [0, 0.05) is 11.4 Å². The van der Waals surface area contributed by atoms with Crippen molar-refractivity contribution in [2.24, 2.45) is 0 Å². The highest BCUT2D eigenvalue weighted by Crippen LogP contribution is 2.37. The molecule has 0 aliphatic rings. The summed E-state index contributed by atoms with van der Waals surface area (Å²) in [6.07, 6.45) is 1.10. The van der Waals surface area contributed by atoms with Crippen molar-refractivity contribution < 1.29 is 9.47 Å². The average Bonchev–Trinajstić information content (AvgIpc) is 2.99. The molecule has 1 aromatic heterocycles. The van der Waals surface area contributed by atoms with E-state index in [2.05, 4.69) is 12.2 Å². The third kappa shape index (κ3) is 4.63. The molecule has 0 unspecified atom stereocenters. The Kier molecular flexibility index (Phi) is 6.36. The number of methoxy groups -OCH3 is 1. The van der Waals surface area contributed by atoms with Gasteiger partial charge in [-0.05, 0) is 42.1 Å². The molecule has 2 rings (SSSR count). The molecule has 0 amide bonds. The molecule has 2 aromatic rings. The summed E-state index contributed by atoms with van der Waals surface area (Å²) >= 11 is 8.00. The first-order chi connectivity index (χ1) is 10.2. The van der Waals surface area contributed by atoms with Gasteiger partial charge in [-0.2, -0.15) is 0 Å². The third-order valence-corrected chi connectivity index (χ3v) is 4.11. The molecular weight excluding hydrogens is 306 g/mol. The van der Waals surface area contributed by atoms with Gasteiger partial charge in [-0.25, -0.2) is 0 Å². The second kappa shape index (κ2) is 8.27. The molecule has 114 valence electrons. The topological polar surface area (TPSA) is 30.5 Å². The van der Waals surface area contributed by atoms with Crippen LogP contribution in [-0.2, 0) is 13.2 Å². The number of hydrogen-bond acceptors (Lipinski definition) is 4. The zero-order valence-corrected chi connectivity index (χ0v) is 13.9. The van der Waals surface area contributed by atoms with Crippen molar-refractivity contribution in [2.45, 2.75) is 26.5 Å². The molecule has 0 spiro atoms. The van der Waals surface area contributed by atoms with Crippen LogP contribution in [0.15, 0.2) is 29.6 Å². The molecule has 3 nitrogen and oxygen atoms in total. The van der Waals surface area contributed by atoms with E-state index in [1.54, 1.807) is 18.4 Å². The number of nitrogens with one attached hydrogen (secondary N) is 1. The maximum Gasteiger partial charge on any atom is 0.180 e. The van der Waals surface area contributed by atoms with Crippen molar-refractivity contribution in [3.8, 4) is 11.5 Å². The standard InChI is InChI=1S/C16H20ClNO2S/c1-3-6-18-10-12-8-14(17)16(15(9-12)19-2)20-11-13-5-4-7-21-13/h4-5,7-9,18H,3,6,10-11H2,1-2H3. The summed E-state index contributed by atoms with van der Waals surface area (Å²) in [5.41, 5.74) is 1.09. The van der Waals surface area contributed by atoms with E-state index in [0.717, 1.165) is 30.0 Å². The molecule has 1 N–H and O–H groups in total. The predicted molar refractivity (Wildman–Crippen MR) is 88.7 cm³/mol. The van der Waals surface area contributed by atoms with Crippen LogP contribution in [0.5, 0.6) is 11.5 Å². The Morgan fingerprint density at radius 1 is 1.33 bits per heavy atom. The SMILES string of the molecule is CCCNCc1cc(Cl)c(OCc2cccs2)c(OC)c1. The van der Waals surface area contributed by atoms with Crippen molar-refractivity contribution in [1.29, 1.82) is 0 Å². The summed E-state index contributed by atoms with van der Waals surface area (Å²) in [6, 6.07) is 7.94. The molecule has 0 aliphatic heterocycles. The summed E-state index contributed by atoms with van der Waals surface area (Å²) in [6.45, 7) is 4.40. The van der Waals surface area contributed by atoms with Gasteiger partial charge >= 0.3 is 0 Å². The monoisotopic (exact) mass is 325 g/mol. The normalized spacial score (nSPS) is 10.6. The quantitative estimate of drug-likeness (QED) is 0.725. The minimum Gasteiger partial charge on any atom is -0.493 e. The van der Waals surface area contributed by atoms with Crippen LogP contribution < -0.4 is 14.8 Å². The van der Waals surface area contributed by atoms with E-state index in [4.69, 9.17) is 21.1 Å². The number of ether oxygens (including phenoxy) is 2. The Labute approximate surface area is 134 Å². The smallest absolute Gasteiger partial charge is 0.180 e. The fourth-order valence-electron chi connectivity index (χ4n) is 1.96. The van der Waals surface area contributed by atoms with Crippen LogP contribution >= 0.6 is 22.9 Å². The lowest BCUT2D eigenvalue weighted by Gasteiger charge is -2.14. The highest BCUT2D eigenvalue weighted by Gasteiger charge is 2.12. The molecule has 1 heterocycles. The summed E-state index contributed by atoms with van der Waals surface area (Å²) in [5, 5.41) is 5.96. The maximum atomic E-state index is 6.34. The summed E-state index contributed by atoms with van der Waals surface area (Å²) < 4.78 is 11.2. The Morgan fingerprint density at radius 3 is 2.86 bits per heavy atom. The van der Waals surface area contributed by atoms with E-state index in [1.165, 1.54) is 0 Å². The van der Waals surface area contributed by atoms with Crippen LogP contribution in [0.3, 0.4) is 0 Å². The van der Waals surface area contributed by atoms with Crippen molar-refractivity contribution in [3.63, 3.8) is 0 Å². The van der Waals surface area contributed by atoms with Gasteiger partial charge in [-0.1, -0.05) is 24.6 Å². The minimum atomic E-state index is 0.501. The molecule has 0 saturated carbocycles. The fraction of sp³-hybridized carbons (Fsp3) is 0.375. The van der Waals surface area contributed by atoms with Gasteiger partial charge in [-0.3, -0.25) is 0 Å². The zero-order chi connectivity index (χ0) is 15.1. The first kappa shape index (κ1) is 16.1. The van der Waals surface area contributed by atoms with Gasteiger partial charge < -0.3 is 14.8 Å². The van der Waals surface area contributed by atoms with Crippen LogP contribution in [0.25, 0.3) is 0 Å². The summed E-state index contributed by atoms with van der Waals surface area (Å²) in [4.78, 5) is 1.15. The average molecular weight is 326 g/mol. The van der Waals surface area contributed by atoms with Gasteiger partial charge in [0.1, 0.15) is 6.61 Å². The Balaban J connectivity index is 2.09. The molecule has 0 bridgehead atoms. The van der Waals surface area contributed by atoms with E-state index < -0.39 is 0 Å². The highest BCUT2D eigenvalue weighted by atomic mass is 35.5. The van der Waals surface area contributed by atoms with E-state index in [1.807, 2.05) is 29.6 Å². The van der Waals surface area contributed by atoms with E-state index in [-0.39, 0.29) is 0 Å². The van der Waals surface area contributed by atoms with Crippen molar-refractivity contribution in [3.05, 3.63) is 45.1 Å². The van der Waals surface area contributed by atoms with Crippen LogP contribution in [0.4, 0.5) is 0 Å². The van der Waals surface area contributed by atoms with E-state index in [0.29, 0.717) is 23.1 Å². The van der Waals surface area contributed by atoms with E-state index >= 15 is 0 Å². The Hall–Kier alpha value is -1.23. The predicted octanol–water partition coefficient (Wildman–Crippen LogP) is 4.49. The molecule has 0 aliphatic carbocycles. The van der Waals surface area contributed by atoms with Crippen molar-refractivity contribution >= 4 is 22.9 Å². The molecule has 1 aromatic carbocycles. The number of halogens is 1. The Bertz CT molecular complexity index is 558. The molecule has 0 radical (unpaired) electrons. The molecule has 0 atom stereocenters. The van der Waals surface area contributed by atoms with Gasteiger partial charge in [0.15, 0.2) is 11.5 Å². The minimum absolute atomic E-state index is 0.501. The Morgan fingerprint density at radius 2 is 2.19 bits per heavy atom. The molecular formula is C16H20ClNO2S. The second-order valence-electron chi connectivity index (χ2n) is 4.65. The van der Waals surface area contributed by atoms with E-state index in [9.17, 15) is 0 Å². The fourth-order valence-corrected chi connectivity index (χ4v) is 2.87. The van der Waals surface area contributed by atoms with Crippen LogP contribution in [-0.4, -0.2) is 13.7 Å². The first-order valence-electron chi connectivity index (χ1n) is 6.97. The molecule has 0 fully saturated rings. The number of hydrogen-bond donors (Lipinski definition) is 1. The van der Waals surface area contributed by atoms with Crippen LogP contribution in [0.1, 0.15) is 23.8 Å². The van der Waals surface area contributed by atoms with Gasteiger partial charge in [-0.15, -0.1) is 11.3 Å². The van der Waals surface area contributed by atoms with Gasteiger partial charge in [0.05, 0.1) is 12.1 Å². The summed E-state index contributed by atoms with van der Waals surface area (Å²) in [5.74, 6) is 1.28. The largest absolute Gasteiger partial charge is 0.493 e. The van der Waals surface area contributed by atoms with Crippen molar-refractivity contribution in [1.82, 2.24) is 5.32 Å². The van der Waals surface area contributed by atoms with Crippen molar-refractivity contribution in [2.75, 3.05) is 13.7 Å². The number of benzene rings is 1. The lowest BCUT2D eigenvalue weighted by Crippen LogP contribution is -2.13. The van der Waals surface area contributed by atoms with Crippen LogP contribution in [0.2, 0.25) is 5.02 Å². The maximum absolute atomic E-state index is 6.34. The number of rotatable bonds is 8. The second-order valence-corrected chi connectivity index (χ2v) is 6.09.